The number of para-hydroxylation sites is 1. The van der Waals surface area contributed by atoms with Gasteiger partial charge in [0.25, 0.3) is 11.6 Å². The van der Waals surface area contributed by atoms with Crippen molar-refractivity contribution < 1.29 is 18.6 Å². The van der Waals surface area contributed by atoms with E-state index in [1.165, 1.54) is 36.5 Å². The lowest BCUT2D eigenvalue weighted by Gasteiger charge is -1.97. The molecule has 0 aliphatic heterocycles. The second-order valence-electron chi connectivity index (χ2n) is 4.83. The first kappa shape index (κ1) is 16.2. The van der Waals surface area contributed by atoms with Crippen LogP contribution in [0.5, 0.6) is 0 Å². The summed E-state index contributed by atoms with van der Waals surface area (Å²) in [5, 5.41) is 22.2. The average Bonchev–Trinajstić information content (AvgIpc) is 3.08. The van der Waals surface area contributed by atoms with Crippen molar-refractivity contribution >= 4 is 11.9 Å². The predicted molar refractivity (Wildman–Crippen MR) is 85.2 cm³/mol. The molecule has 8 nitrogen and oxygen atoms in total. The lowest BCUT2D eigenvalue weighted by molar-refractivity contribution is -0.385. The summed E-state index contributed by atoms with van der Waals surface area (Å²) in [6, 6.07) is 11.7. The molecule has 0 unspecified atom stereocenters. The fourth-order valence-corrected chi connectivity index (χ4v) is 1.97. The quantitative estimate of drug-likeness (QED) is 0.387. The second kappa shape index (κ2) is 7.30. The minimum atomic E-state index is -0.506. The van der Waals surface area contributed by atoms with Gasteiger partial charge in [-0.3, -0.25) is 10.1 Å². The number of rotatable bonds is 6. The second-order valence-corrected chi connectivity index (χ2v) is 4.83. The van der Waals surface area contributed by atoms with E-state index in [9.17, 15) is 14.5 Å². The van der Waals surface area contributed by atoms with Crippen LogP contribution in [-0.4, -0.2) is 21.3 Å². The number of nitrogens with zero attached hydrogens (tertiary/aromatic N) is 4. The van der Waals surface area contributed by atoms with Crippen LogP contribution in [0, 0.1) is 15.9 Å². The van der Waals surface area contributed by atoms with Gasteiger partial charge in [-0.15, -0.1) is 10.2 Å². The maximum absolute atomic E-state index is 12.9. The molecule has 1 aromatic heterocycles. The maximum Gasteiger partial charge on any atom is 0.278 e. The highest BCUT2D eigenvalue weighted by Gasteiger charge is 2.11. The molecule has 0 N–H and O–H groups in total. The molecule has 0 fully saturated rings. The Morgan fingerprint density at radius 1 is 1.20 bits per heavy atom. The van der Waals surface area contributed by atoms with Crippen molar-refractivity contribution in [1.82, 2.24) is 10.2 Å². The number of nitro groups is 1. The fraction of sp³-hybridized carbons (Fsp3) is 0.0625. The average molecular weight is 342 g/mol. The van der Waals surface area contributed by atoms with Crippen LogP contribution in [0.25, 0.3) is 11.5 Å². The number of hydrogen-bond acceptors (Lipinski definition) is 7. The van der Waals surface area contributed by atoms with Gasteiger partial charge in [-0.25, -0.2) is 4.39 Å². The van der Waals surface area contributed by atoms with Gasteiger partial charge in [0.15, 0.2) is 6.61 Å². The van der Waals surface area contributed by atoms with Gasteiger partial charge in [0.2, 0.25) is 5.89 Å². The van der Waals surface area contributed by atoms with Gasteiger partial charge in [0, 0.05) is 11.6 Å². The molecular weight excluding hydrogens is 331 g/mol. The van der Waals surface area contributed by atoms with Crippen LogP contribution in [0.4, 0.5) is 10.1 Å². The minimum absolute atomic E-state index is 0.0776. The Kier molecular flexibility index (Phi) is 4.74. The smallest absolute Gasteiger partial charge is 0.278 e. The molecule has 126 valence electrons. The van der Waals surface area contributed by atoms with Crippen molar-refractivity contribution in [3.8, 4) is 11.5 Å². The number of halogens is 1. The number of hydrogen-bond donors (Lipinski definition) is 0. The Hall–Kier alpha value is -3.62. The summed E-state index contributed by atoms with van der Waals surface area (Å²) in [7, 11) is 0. The Bertz CT molecular complexity index is 909. The third-order valence-corrected chi connectivity index (χ3v) is 3.15. The van der Waals surface area contributed by atoms with Gasteiger partial charge in [-0.05, 0) is 30.3 Å². The zero-order chi connectivity index (χ0) is 17.6. The molecule has 25 heavy (non-hydrogen) atoms. The van der Waals surface area contributed by atoms with E-state index in [4.69, 9.17) is 9.25 Å². The molecular formula is C16H11FN4O4. The highest BCUT2D eigenvalue weighted by molar-refractivity contribution is 5.84. The molecule has 0 aliphatic rings. The van der Waals surface area contributed by atoms with Crippen molar-refractivity contribution in [3.05, 3.63) is 75.9 Å². The van der Waals surface area contributed by atoms with E-state index in [1.54, 1.807) is 18.2 Å². The van der Waals surface area contributed by atoms with Crippen LogP contribution >= 0.6 is 0 Å². The molecule has 9 heteroatoms. The van der Waals surface area contributed by atoms with Gasteiger partial charge >= 0.3 is 0 Å². The van der Waals surface area contributed by atoms with Crippen molar-refractivity contribution in [3.63, 3.8) is 0 Å². The van der Waals surface area contributed by atoms with Crippen molar-refractivity contribution in [1.29, 1.82) is 0 Å². The number of nitro benzene ring substituents is 1. The normalized spacial score (nSPS) is 10.9. The summed E-state index contributed by atoms with van der Waals surface area (Å²) < 4.78 is 18.3. The van der Waals surface area contributed by atoms with E-state index in [2.05, 4.69) is 15.4 Å². The SMILES string of the molecule is O=[N+]([O-])c1ccccc1/C=N\OCc1nnc(-c2ccc(F)cc2)o1. The van der Waals surface area contributed by atoms with E-state index in [1.807, 2.05) is 0 Å². The molecule has 0 atom stereocenters. The molecule has 0 bridgehead atoms. The van der Waals surface area contributed by atoms with E-state index in [0.29, 0.717) is 11.1 Å². The summed E-state index contributed by atoms with van der Waals surface area (Å²) >= 11 is 0. The van der Waals surface area contributed by atoms with E-state index in [-0.39, 0.29) is 29.9 Å². The molecule has 0 spiro atoms. The topological polar surface area (TPSA) is 104 Å². The zero-order valence-corrected chi connectivity index (χ0v) is 12.7. The lowest BCUT2D eigenvalue weighted by Crippen LogP contribution is -1.94. The standard InChI is InChI=1S/C16H11FN4O4/c17-13-7-5-11(6-8-13)16-20-19-15(25-16)10-24-18-9-12-3-1-2-4-14(12)21(22)23/h1-9H,10H2/b18-9-. The molecule has 3 aromatic rings. The number of oxime groups is 1. The van der Waals surface area contributed by atoms with Crippen LogP contribution in [0.2, 0.25) is 0 Å². The summed E-state index contributed by atoms with van der Waals surface area (Å²) in [4.78, 5) is 15.4. The molecule has 0 amide bonds. The molecule has 0 aliphatic carbocycles. The third-order valence-electron chi connectivity index (χ3n) is 3.15. The number of benzene rings is 2. The van der Waals surface area contributed by atoms with E-state index in [0.717, 1.165) is 0 Å². The molecule has 0 radical (unpaired) electrons. The highest BCUT2D eigenvalue weighted by Crippen LogP contribution is 2.18. The first-order chi connectivity index (χ1) is 12.1. The predicted octanol–water partition coefficient (Wildman–Crippen LogP) is 3.33. The van der Waals surface area contributed by atoms with Crippen molar-refractivity contribution in [2.75, 3.05) is 0 Å². The third kappa shape index (κ3) is 4.02. The van der Waals surface area contributed by atoms with Gasteiger partial charge in [0.05, 0.1) is 16.7 Å². The molecule has 0 saturated carbocycles. The minimum Gasteiger partial charge on any atom is -0.417 e. The van der Waals surface area contributed by atoms with Gasteiger partial charge in [0.1, 0.15) is 5.82 Å². The monoisotopic (exact) mass is 342 g/mol. The first-order valence-corrected chi connectivity index (χ1v) is 7.10. The van der Waals surface area contributed by atoms with Crippen molar-refractivity contribution in [2.24, 2.45) is 5.16 Å². The fourth-order valence-electron chi connectivity index (χ4n) is 1.97. The molecule has 2 aromatic carbocycles. The Labute approximate surface area is 140 Å². The van der Waals surface area contributed by atoms with Crippen LogP contribution < -0.4 is 0 Å². The zero-order valence-electron chi connectivity index (χ0n) is 12.7. The summed E-state index contributed by atoms with van der Waals surface area (Å²) in [5.41, 5.74) is 0.805. The highest BCUT2D eigenvalue weighted by atomic mass is 19.1. The van der Waals surface area contributed by atoms with Crippen LogP contribution in [0.15, 0.2) is 58.1 Å². The molecule has 0 saturated heterocycles. The Morgan fingerprint density at radius 2 is 1.96 bits per heavy atom. The summed E-state index contributed by atoms with van der Waals surface area (Å²) in [6.07, 6.45) is 1.23. The van der Waals surface area contributed by atoms with Crippen LogP contribution in [-0.2, 0) is 11.4 Å². The van der Waals surface area contributed by atoms with Gasteiger partial charge < -0.3 is 9.25 Å². The van der Waals surface area contributed by atoms with Crippen LogP contribution in [0.1, 0.15) is 11.5 Å². The van der Waals surface area contributed by atoms with Gasteiger partial charge in [-0.2, -0.15) is 0 Å². The Balaban J connectivity index is 1.61. The Morgan fingerprint density at radius 3 is 2.72 bits per heavy atom. The van der Waals surface area contributed by atoms with E-state index >= 15 is 0 Å². The molecule has 1 heterocycles. The number of aromatic nitrogens is 2. The van der Waals surface area contributed by atoms with Crippen LogP contribution in [0.3, 0.4) is 0 Å². The molecule has 3 rings (SSSR count). The maximum atomic E-state index is 12.9. The summed E-state index contributed by atoms with van der Waals surface area (Å²) in [6.45, 7) is -0.106. The van der Waals surface area contributed by atoms with Gasteiger partial charge in [-0.1, -0.05) is 17.3 Å². The van der Waals surface area contributed by atoms with E-state index < -0.39 is 4.92 Å². The lowest BCUT2D eigenvalue weighted by atomic mass is 10.2. The van der Waals surface area contributed by atoms with Crippen molar-refractivity contribution in [2.45, 2.75) is 6.61 Å². The first-order valence-electron chi connectivity index (χ1n) is 7.10. The largest absolute Gasteiger partial charge is 0.417 e. The summed E-state index contributed by atoms with van der Waals surface area (Å²) in [5.74, 6) is 0.0245.